The number of nitrogens with zero attached hydrogens (tertiary/aromatic N) is 1. The molecule has 5 N–H and O–H groups in total. The van der Waals surface area contributed by atoms with Crippen LogP contribution in [0.3, 0.4) is 0 Å². The number of urea groups is 1. The Morgan fingerprint density at radius 1 is 0.946 bits per heavy atom. The van der Waals surface area contributed by atoms with E-state index in [0.29, 0.717) is 25.1 Å². The molecular formula is C26H27F2N5O4. The summed E-state index contributed by atoms with van der Waals surface area (Å²) in [5.74, 6) is -3.45. The number of carboxylic acid groups (broad SMARTS) is 1. The Morgan fingerprint density at radius 3 is 2.22 bits per heavy atom. The lowest BCUT2D eigenvalue weighted by Gasteiger charge is -2.15. The quantitative estimate of drug-likeness (QED) is 0.256. The number of rotatable bonds is 10. The number of carbonyl (C=O) groups is 3. The normalized spacial score (nSPS) is 11.4. The minimum atomic E-state index is -0.865. The number of nitrogens with one attached hydrogen (secondary N) is 4. The summed E-state index contributed by atoms with van der Waals surface area (Å²) in [6, 6.07) is 10.4. The maximum atomic E-state index is 13.7. The number of hydrogen-bond donors (Lipinski definition) is 5. The summed E-state index contributed by atoms with van der Waals surface area (Å²) in [5, 5.41) is 19.9. The van der Waals surface area contributed by atoms with Crippen molar-refractivity contribution in [2.24, 2.45) is 5.92 Å². The fourth-order valence-corrected chi connectivity index (χ4v) is 3.52. The van der Waals surface area contributed by atoms with Crippen molar-refractivity contribution in [1.29, 1.82) is 0 Å². The molecule has 194 valence electrons. The average Bonchev–Trinajstić information content (AvgIpc) is 2.83. The first-order chi connectivity index (χ1) is 17.7. The SMILES string of the molecule is CCNC(=O)Nc1cc(Nc2cc(F)cc(F)c2)c(C(=O)Nc2ccc(CC(CC)C(=O)O)cc2)cn1. The fraction of sp³-hybridized carbons (Fsp3) is 0.231. The van der Waals surface area contributed by atoms with E-state index < -0.39 is 35.5 Å². The van der Waals surface area contributed by atoms with Gasteiger partial charge in [0.2, 0.25) is 0 Å². The minimum Gasteiger partial charge on any atom is -0.481 e. The summed E-state index contributed by atoms with van der Waals surface area (Å²) >= 11 is 0. The molecule has 1 heterocycles. The smallest absolute Gasteiger partial charge is 0.320 e. The largest absolute Gasteiger partial charge is 0.481 e. The highest BCUT2D eigenvalue weighted by Crippen LogP contribution is 2.26. The topological polar surface area (TPSA) is 132 Å². The van der Waals surface area contributed by atoms with Gasteiger partial charge in [0, 0.05) is 36.2 Å². The molecular weight excluding hydrogens is 484 g/mol. The van der Waals surface area contributed by atoms with Gasteiger partial charge in [0.1, 0.15) is 17.5 Å². The van der Waals surface area contributed by atoms with Gasteiger partial charge in [0.05, 0.1) is 17.2 Å². The highest BCUT2D eigenvalue weighted by Gasteiger charge is 2.17. The lowest BCUT2D eigenvalue weighted by atomic mass is 9.97. The van der Waals surface area contributed by atoms with Crippen LogP contribution in [0.5, 0.6) is 0 Å². The Balaban J connectivity index is 1.84. The molecule has 0 aliphatic heterocycles. The molecule has 3 aromatic rings. The van der Waals surface area contributed by atoms with Crippen LogP contribution in [0.25, 0.3) is 0 Å². The Labute approximate surface area is 212 Å². The van der Waals surface area contributed by atoms with Crippen LogP contribution in [0.1, 0.15) is 36.2 Å². The number of pyridine rings is 1. The summed E-state index contributed by atoms with van der Waals surface area (Å²) in [4.78, 5) is 40.3. The van der Waals surface area contributed by atoms with Gasteiger partial charge in [0.15, 0.2) is 0 Å². The van der Waals surface area contributed by atoms with Crippen molar-refractivity contribution in [3.8, 4) is 0 Å². The molecule has 1 atom stereocenters. The second-order valence-electron chi connectivity index (χ2n) is 8.18. The molecule has 0 bridgehead atoms. The number of anilines is 4. The molecule has 0 saturated heterocycles. The first-order valence-electron chi connectivity index (χ1n) is 11.6. The predicted octanol–water partition coefficient (Wildman–Crippen LogP) is 5.15. The van der Waals surface area contributed by atoms with Gasteiger partial charge in [-0.1, -0.05) is 19.1 Å². The molecule has 0 fully saturated rings. The van der Waals surface area contributed by atoms with E-state index in [1.54, 1.807) is 31.2 Å². The van der Waals surface area contributed by atoms with Crippen LogP contribution in [0.2, 0.25) is 0 Å². The third kappa shape index (κ3) is 7.72. The Bertz CT molecular complexity index is 1260. The van der Waals surface area contributed by atoms with Gasteiger partial charge < -0.3 is 21.1 Å². The van der Waals surface area contributed by atoms with Gasteiger partial charge in [-0.25, -0.2) is 18.6 Å². The first-order valence-corrected chi connectivity index (χ1v) is 11.6. The fourth-order valence-electron chi connectivity index (χ4n) is 3.52. The monoisotopic (exact) mass is 511 g/mol. The molecule has 1 aromatic heterocycles. The number of halogens is 2. The third-order valence-corrected chi connectivity index (χ3v) is 5.41. The van der Waals surface area contributed by atoms with Crippen molar-refractivity contribution in [1.82, 2.24) is 10.3 Å². The molecule has 1 unspecified atom stereocenters. The Hall–Kier alpha value is -4.54. The number of amides is 3. The van der Waals surface area contributed by atoms with Crippen LogP contribution in [-0.4, -0.2) is 34.5 Å². The average molecular weight is 512 g/mol. The zero-order valence-electron chi connectivity index (χ0n) is 20.3. The van der Waals surface area contributed by atoms with Gasteiger partial charge in [-0.3, -0.25) is 14.9 Å². The molecule has 3 rings (SSSR count). The van der Waals surface area contributed by atoms with E-state index in [2.05, 4.69) is 26.3 Å². The van der Waals surface area contributed by atoms with Crippen molar-refractivity contribution >= 4 is 40.8 Å². The number of aliphatic carboxylic acids is 1. The molecule has 2 aromatic carbocycles. The molecule has 9 nitrogen and oxygen atoms in total. The number of benzene rings is 2. The van der Waals surface area contributed by atoms with Gasteiger partial charge in [-0.2, -0.15) is 0 Å². The van der Waals surface area contributed by atoms with E-state index >= 15 is 0 Å². The van der Waals surface area contributed by atoms with Gasteiger partial charge in [-0.05, 0) is 49.6 Å². The Kier molecular flexibility index (Phi) is 9.09. The predicted molar refractivity (Wildman–Crippen MR) is 136 cm³/mol. The van der Waals surface area contributed by atoms with E-state index in [1.807, 2.05) is 6.92 Å². The molecule has 0 aliphatic carbocycles. The molecule has 0 spiro atoms. The summed E-state index contributed by atoms with van der Waals surface area (Å²) in [7, 11) is 0. The number of aromatic nitrogens is 1. The second-order valence-corrected chi connectivity index (χ2v) is 8.18. The van der Waals surface area contributed by atoms with Gasteiger partial charge in [-0.15, -0.1) is 0 Å². The van der Waals surface area contributed by atoms with Crippen LogP contribution in [-0.2, 0) is 11.2 Å². The highest BCUT2D eigenvalue weighted by molar-refractivity contribution is 6.08. The van der Waals surface area contributed by atoms with Crippen molar-refractivity contribution < 1.29 is 28.3 Å². The van der Waals surface area contributed by atoms with E-state index in [0.717, 1.165) is 23.8 Å². The van der Waals surface area contributed by atoms with Crippen molar-refractivity contribution in [3.63, 3.8) is 0 Å². The third-order valence-electron chi connectivity index (χ3n) is 5.41. The number of hydrogen-bond acceptors (Lipinski definition) is 5. The minimum absolute atomic E-state index is 0.0483. The summed E-state index contributed by atoms with van der Waals surface area (Å²) < 4.78 is 27.4. The van der Waals surface area contributed by atoms with Crippen LogP contribution in [0.4, 0.5) is 36.5 Å². The standard InChI is InChI=1S/C26H27F2N5O4/c1-3-16(25(35)36)9-15-5-7-19(8-6-15)32-24(34)21-14-30-23(33-26(37)29-4-2)13-22(21)31-20-11-17(27)10-18(28)12-20/h5-8,10-14,16H,3-4,9H2,1-2H3,(H,32,34)(H,35,36)(H3,29,30,31,33,37). The maximum absolute atomic E-state index is 13.7. The summed E-state index contributed by atoms with van der Waals surface area (Å²) in [6.07, 6.45) is 2.08. The number of carboxylic acids is 1. The lowest BCUT2D eigenvalue weighted by molar-refractivity contribution is -0.141. The van der Waals surface area contributed by atoms with E-state index in [1.165, 1.54) is 12.3 Å². The van der Waals surface area contributed by atoms with Crippen LogP contribution in [0.15, 0.2) is 54.7 Å². The van der Waals surface area contributed by atoms with E-state index in [-0.39, 0.29) is 22.8 Å². The van der Waals surface area contributed by atoms with E-state index in [9.17, 15) is 28.3 Å². The van der Waals surface area contributed by atoms with Crippen molar-refractivity contribution in [3.05, 3.63) is 77.5 Å². The molecule has 0 aliphatic rings. The molecule has 11 heteroatoms. The Morgan fingerprint density at radius 2 is 1.62 bits per heavy atom. The second kappa shape index (κ2) is 12.4. The van der Waals surface area contributed by atoms with Crippen molar-refractivity contribution in [2.45, 2.75) is 26.7 Å². The van der Waals surface area contributed by atoms with Crippen LogP contribution >= 0.6 is 0 Å². The zero-order chi connectivity index (χ0) is 26.9. The van der Waals surface area contributed by atoms with Gasteiger partial charge >= 0.3 is 12.0 Å². The molecule has 0 radical (unpaired) electrons. The summed E-state index contributed by atoms with van der Waals surface area (Å²) in [5.41, 5.74) is 1.50. The van der Waals surface area contributed by atoms with Crippen molar-refractivity contribution in [2.75, 3.05) is 22.5 Å². The maximum Gasteiger partial charge on any atom is 0.320 e. The zero-order valence-corrected chi connectivity index (χ0v) is 20.3. The highest BCUT2D eigenvalue weighted by atomic mass is 19.1. The van der Waals surface area contributed by atoms with Crippen LogP contribution < -0.4 is 21.3 Å². The van der Waals surface area contributed by atoms with Crippen LogP contribution in [0, 0.1) is 17.6 Å². The first kappa shape index (κ1) is 27.1. The summed E-state index contributed by atoms with van der Waals surface area (Å²) in [6.45, 7) is 3.93. The number of carbonyl (C=O) groups excluding carboxylic acids is 2. The van der Waals surface area contributed by atoms with Gasteiger partial charge in [0.25, 0.3) is 5.91 Å². The lowest BCUT2D eigenvalue weighted by Crippen LogP contribution is -2.28. The van der Waals surface area contributed by atoms with E-state index in [4.69, 9.17) is 0 Å². The molecule has 0 saturated carbocycles. The molecule has 37 heavy (non-hydrogen) atoms. The molecule has 3 amide bonds.